The maximum atomic E-state index is 11.9. The van der Waals surface area contributed by atoms with Crippen LogP contribution in [0.2, 0.25) is 0 Å². The second-order valence-corrected chi connectivity index (χ2v) is 8.35. The molecule has 29 heavy (non-hydrogen) atoms. The highest BCUT2D eigenvalue weighted by Gasteiger charge is 2.52. The predicted octanol–water partition coefficient (Wildman–Crippen LogP) is -0.484. The Hall–Kier alpha value is -1.33. The lowest BCUT2D eigenvalue weighted by molar-refractivity contribution is -0.329. The molecule has 4 rings (SSSR count). The summed E-state index contributed by atoms with van der Waals surface area (Å²) in [6, 6.07) is 0. The van der Waals surface area contributed by atoms with Crippen molar-refractivity contribution in [3.8, 4) is 0 Å². The Morgan fingerprint density at radius 1 is 1.21 bits per heavy atom. The highest BCUT2D eigenvalue weighted by molar-refractivity contribution is 5.90. The number of allylic oxidation sites excluding steroid dienone is 1. The van der Waals surface area contributed by atoms with Gasteiger partial charge in [0, 0.05) is 12.0 Å². The van der Waals surface area contributed by atoms with Crippen molar-refractivity contribution in [1.29, 1.82) is 0 Å². The monoisotopic (exact) mass is 412 g/mol. The van der Waals surface area contributed by atoms with Gasteiger partial charge in [0.2, 0.25) is 5.79 Å². The molecule has 162 valence electrons. The summed E-state index contributed by atoms with van der Waals surface area (Å²) in [7, 11) is 0. The highest BCUT2D eigenvalue weighted by Crippen LogP contribution is 2.45. The Labute approximate surface area is 168 Å². The molecule has 4 aliphatic rings. The lowest BCUT2D eigenvalue weighted by atomic mass is 9.79. The van der Waals surface area contributed by atoms with Crippen LogP contribution in [0.5, 0.6) is 0 Å². The fraction of sp³-hybridized carbons (Fsp3) is 0.750. The van der Waals surface area contributed by atoms with E-state index in [0.29, 0.717) is 12.0 Å². The smallest absolute Gasteiger partial charge is 0.336 e. The zero-order valence-electron chi connectivity index (χ0n) is 16.4. The van der Waals surface area contributed by atoms with Crippen molar-refractivity contribution >= 4 is 5.97 Å². The van der Waals surface area contributed by atoms with Gasteiger partial charge in [-0.2, -0.15) is 0 Å². The van der Waals surface area contributed by atoms with E-state index in [2.05, 4.69) is 0 Å². The zero-order chi connectivity index (χ0) is 20.9. The number of carbonyl (C=O) groups excluding carboxylic acids is 1. The van der Waals surface area contributed by atoms with Gasteiger partial charge >= 0.3 is 5.97 Å². The molecule has 0 aromatic carbocycles. The van der Waals surface area contributed by atoms with Crippen LogP contribution in [0.3, 0.4) is 0 Å². The molecule has 0 saturated carbocycles. The van der Waals surface area contributed by atoms with E-state index < -0.39 is 61.3 Å². The molecule has 9 nitrogen and oxygen atoms in total. The van der Waals surface area contributed by atoms with Gasteiger partial charge in [0.25, 0.3) is 0 Å². The largest absolute Gasteiger partial charge is 0.426 e. The number of aliphatic hydroxyl groups is 4. The molecular weight excluding hydrogens is 384 g/mol. The van der Waals surface area contributed by atoms with Crippen LogP contribution < -0.4 is 0 Å². The summed E-state index contributed by atoms with van der Waals surface area (Å²) >= 11 is 0. The standard InChI is InChI=1S/C20H28O9/c1-9-3-4-11-5-6-20(7-10(2)18(25)29-20)28-17(11)16(9)27-19-15(24)14(23)13(22)12(8-21)26-19/h3,7,11-17,19,21-24H,4-6,8H2,1-2H3/t11-,12-,13-,14+,15-,16-,17-,19+,20-/m1/s1. The first-order valence-corrected chi connectivity index (χ1v) is 9.98. The SMILES string of the molecule is CC1=C[C@@]2(CC[C@H]3CC=C(C)[C@@H](O[C@@H]4O[C@H](CO)[C@@H](O)[C@H](O)[C@H]4O)[C@@H]3O2)OC1=O. The second kappa shape index (κ2) is 7.73. The van der Waals surface area contributed by atoms with Crippen LogP contribution >= 0.6 is 0 Å². The van der Waals surface area contributed by atoms with E-state index in [0.717, 1.165) is 18.4 Å². The van der Waals surface area contributed by atoms with Crippen molar-refractivity contribution in [2.45, 2.75) is 81.8 Å². The first-order valence-electron chi connectivity index (χ1n) is 9.98. The van der Waals surface area contributed by atoms with E-state index in [-0.39, 0.29) is 5.92 Å². The van der Waals surface area contributed by atoms with Crippen LogP contribution in [0.4, 0.5) is 0 Å². The van der Waals surface area contributed by atoms with Gasteiger partial charge in [-0.15, -0.1) is 0 Å². The van der Waals surface area contributed by atoms with Crippen molar-refractivity contribution in [2.75, 3.05) is 6.61 Å². The minimum absolute atomic E-state index is 0.132. The molecule has 9 heteroatoms. The summed E-state index contributed by atoms with van der Waals surface area (Å²) in [6.07, 6.45) is -2.00. The topological polar surface area (TPSA) is 135 Å². The van der Waals surface area contributed by atoms with Crippen LogP contribution in [-0.4, -0.2) is 81.7 Å². The number of ether oxygens (including phenoxy) is 4. The van der Waals surface area contributed by atoms with Gasteiger partial charge in [0.15, 0.2) is 6.29 Å². The molecule has 9 atom stereocenters. The highest BCUT2D eigenvalue weighted by atomic mass is 16.7. The average molecular weight is 412 g/mol. The molecule has 3 aliphatic heterocycles. The van der Waals surface area contributed by atoms with Gasteiger partial charge < -0.3 is 39.4 Å². The van der Waals surface area contributed by atoms with Crippen molar-refractivity contribution in [2.24, 2.45) is 5.92 Å². The van der Waals surface area contributed by atoms with Gasteiger partial charge in [0.1, 0.15) is 30.5 Å². The fourth-order valence-corrected chi connectivity index (χ4v) is 4.56. The maximum absolute atomic E-state index is 11.9. The number of hydrogen-bond acceptors (Lipinski definition) is 9. The number of aliphatic hydroxyl groups excluding tert-OH is 4. The summed E-state index contributed by atoms with van der Waals surface area (Å²) in [4.78, 5) is 11.9. The normalized spacial score (nSPS) is 47.4. The molecule has 3 heterocycles. The molecule has 1 aliphatic carbocycles. The van der Waals surface area contributed by atoms with E-state index in [1.165, 1.54) is 0 Å². The van der Waals surface area contributed by atoms with Crippen LogP contribution in [0.25, 0.3) is 0 Å². The van der Waals surface area contributed by atoms with E-state index in [9.17, 15) is 25.2 Å². The van der Waals surface area contributed by atoms with Crippen molar-refractivity contribution < 1.29 is 44.2 Å². The van der Waals surface area contributed by atoms with Gasteiger partial charge in [-0.05, 0) is 44.3 Å². The molecule has 0 bridgehead atoms. The van der Waals surface area contributed by atoms with Crippen molar-refractivity contribution in [1.82, 2.24) is 0 Å². The average Bonchev–Trinajstić information content (AvgIpc) is 2.97. The number of hydrogen-bond donors (Lipinski definition) is 4. The molecule has 0 aromatic rings. The van der Waals surface area contributed by atoms with E-state index in [1.807, 2.05) is 13.0 Å². The number of carbonyl (C=O) groups is 1. The minimum atomic E-state index is -1.52. The molecule has 4 N–H and O–H groups in total. The van der Waals surface area contributed by atoms with Gasteiger partial charge in [-0.25, -0.2) is 4.79 Å². The summed E-state index contributed by atoms with van der Waals surface area (Å²) in [5, 5.41) is 39.7. The zero-order valence-corrected chi connectivity index (χ0v) is 16.4. The quantitative estimate of drug-likeness (QED) is 0.358. The van der Waals surface area contributed by atoms with Crippen LogP contribution in [-0.2, 0) is 23.7 Å². The fourth-order valence-electron chi connectivity index (χ4n) is 4.56. The number of rotatable bonds is 3. The number of fused-ring (bicyclic) bond motifs is 1. The third-order valence-electron chi connectivity index (χ3n) is 6.31. The maximum Gasteiger partial charge on any atom is 0.336 e. The summed E-state index contributed by atoms with van der Waals surface area (Å²) in [6.45, 7) is 3.02. The minimum Gasteiger partial charge on any atom is -0.426 e. The third kappa shape index (κ3) is 3.65. The number of esters is 1. The van der Waals surface area contributed by atoms with Crippen LogP contribution in [0.15, 0.2) is 23.3 Å². The Bertz CT molecular complexity index is 717. The first-order chi connectivity index (χ1) is 13.7. The lowest BCUT2D eigenvalue weighted by Crippen LogP contribution is -2.61. The van der Waals surface area contributed by atoms with Gasteiger partial charge in [-0.3, -0.25) is 0 Å². The van der Waals surface area contributed by atoms with E-state index in [1.54, 1.807) is 13.0 Å². The van der Waals surface area contributed by atoms with Crippen molar-refractivity contribution in [3.05, 3.63) is 23.3 Å². The van der Waals surface area contributed by atoms with Crippen LogP contribution in [0, 0.1) is 5.92 Å². The Morgan fingerprint density at radius 2 is 1.97 bits per heavy atom. The van der Waals surface area contributed by atoms with E-state index >= 15 is 0 Å². The molecule has 1 spiro atoms. The van der Waals surface area contributed by atoms with E-state index in [4.69, 9.17) is 18.9 Å². The predicted molar refractivity (Wildman–Crippen MR) is 97.2 cm³/mol. The second-order valence-electron chi connectivity index (χ2n) is 8.35. The summed E-state index contributed by atoms with van der Waals surface area (Å²) in [5.41, 5.74) is 1.36. The summed E-state index contributed by atoms with van der Waals surface area (Å²) < 4.78 is 23.3. The van der Waals surface area contributed by atoms with Crippen molar-refractivity contribution in [3.63, 3.8) is 0 Å². The van der Waals surface area contributed by atoms with Crippen LogP contribution in [0.1, 0.15) is 33.1 Å². The molecule has 2 fully saturated rings. The molecule has 0 aromatic heterocycles. The molecule has 0 radical (unpaired) electrons. The van der Waals surface area contributed by atoms with Gasteiger partial charge in [-0.1, -0.05) is 6.08 Å². The van der Waals surface area contributed by atoms with Gasteiger partial charge in [0.05, 0.1) is 12.7 Å². The molecular formula is C20H28O9. The Kier molecular flexibility index (Phi) is 5.58. The third-order valence-corrected chi connectivity index (χ3v) is 6.31. The Morgan fingerprint density at radius 3 is 2.62 bits per heavy atom. The Balaban J connectivity index is 1.55. The molecule has 0 unspecified atom stereocenters. The first kappa shape index (κ1) is 20.9. The molecule has 2 saturated heterocycles. The molecule has 0 amide bonds. The summed E-state index contributed by atoms with van der Waals surface area (Å²) in [5.74, 6) is -1.39. The lowest BCUT2D eigenvalue weighted by Gasteiger charge is -2.48.